The van der Waals surface area contributed by atoms with Gasteiger partial charge in [0.2, 0.25) is 6.20 Å². The first-order valence-electron chi connectivity index (χ1n) is 4.33. The largest absolute Gasteiger partial charge is 0.616 e. The first kappa shape index (κ1) is 10.5. The van der Waals surface area contributed by atoms with Gasteiger partial charge in [0.1, 0.15) is 0 Å². The van der Waals surface area contributed by atoms with Crippen molar-refractivity contribution in [2.45, 2.75) is 6.18 Å². The Morgan fingerprint density at radius 3 is 2.19 bits per heavy atom. The Kier molecular flexibility index (Phi) is 2.34. The molecule has 0 aliphatic carbocycles. The minimum Gasteiger partial charge on any atom is -0.616 e. The SMILES string of the molecule is [O-][n+]1ccoc1-c1ccc(C(F)(F)F)cc1. The molecule has 0 unspecified atom stereocenters. The van der Waals surface area contributed by atoms with Crippen LogP contribution >= 0.6 is 0 Å². The van der Waals surface area contributed by atoms with Gasteiger partial charge in [-0.15, -0.1) is 4.73 Å². The lowest BCUT2D eigenvalue weighted by Crippen LogP contribution is -2.24. The molecule has 0 fully saturated rings. The van der Waals surface area contributed by atoms with Crippen molar-refractivity contribution >= 4 is 0 Å². The summed E-state index contributed by atoms with van der Waals surface area (Å²) in [6, 6.07) is 4.18. The highest BCUT2D eigenvalue weighted by Gasteiger charge is 2.30. The molecule has 6 heteroatoms. The number of benzene rings is 1. The van der Waals surface area contributed by atoms with E-state index in [1.54, 1.807) is 0 Å². The monoisotopic (exact) mass is 229 g/mol. The molecule has 1 aromatic heterocycles. The van der Waals surface area contributed by atoms with Crippen molar-refractivity contribution in [3.8, 4) is 11.5 Å². The molecule has 0 aliphatic rings. The molecule has 0 atom stereocenters. The summed E-state index contributed by atoms with van der Waals surface area (Å²) in [7, 11) is 0. The van der Waals surface area contributed by atoms with Crippen LogP contribution in [0.2, 0.25) is 0 Å². The van der Waals surface area contributed by atoms with Crippen molar-refractivity contribution in [3.63, 3.8) is 0 Å². The van der Waals surface area contributed by atoms with E-state index in [0.717, 1.165) is 18.3 Å². The molecule has 3 nitrogen and oxygen atoms in total. The molecule has 0 spiro atoms. The fourth-order valence-electron chi connectivity index (χ4n) is 1.27. The van der Waals surface area contributed by atoms with E-state index in [9.17, 15) is 18.4 Å². The third kappa shape index (κ3) is 1.86. The molecule has 0 aliphatic heterocycles. The number of halogens is 3. The van der Waals surface area contributed by atoms with Gasteiger partial charge in [-0.05, 0) is 24.3 Å². The van der Waals surface area contributed by atoms with Crippen LogP contribution in [0.15, 0.2) is 41.1 Å². The maximum atomic E-state index is 12.3. The maximum Gasteiger partial charge on any atom is 0.416 e. The molecule has 0 N–H and O–H groups in total. The molecule has 1 aromatic carbocycles. The Labute approximate surface area is 88.3 Å². The molecule has 0 amide bonds. The summed E-state index contributed by atoms with van der Waals surface area (Å²) in [5.41, 5.74) is -0.465. The Morgan fingerprint density at radius 2 is 1.75 bits per heavy atom. The average molecular weight is 229 g/mol. The molecule has 0 bridgehead atoms. The highest BCUT2D eigenvalue weighted by atomic mass is 19.4. The van der Waals surface area contributed by atoms with E-state index in [1.807, 2.05) is 0 Å². The van der Waals surface area contributed by atoms with Gasteiger partial charge in [0.25, 0.3) is 0 Å². The molecule has 0 saturated heterocycles. The third-order valence-electron chi connectivity index (χ3n) is 2.04. The Balaban J connectivity index is 2.37. The summed E-state index contributed by atoms with van der Waals surface area (Å²) < 4.78 is 42.0. The topological polar surface area (TPSA) is 40.1 Å². The van der Waals surface area contributed by atoms with Gasteiger partial charge in [-0.1, -0.05) is 0 Å². The maximum absolute atomic E-state index is 12.3. The molecule has 1 heterocycles. The molecule has 2 aromatic rings. The van der Waals surface area contributed by atoms with E-state index in [2.05, 4.69) is 0 Å². The van der Waals surface area contributed by atoms with Crippen molar-refractivity contribution in [3.05, 3.63) is 47.5 Å². The molecule has 0 saturated carbocycles. The summed E-state index contributed by atoms with van der Waals surface area (Å²) in [5, 5.41) is 11.1. The zero-order valence-electron chi connectivity index (χ0n) is 7.86. The number of aromatic nitrogens is 1. The summed E-state index contributed by atoms with van der Waals surface area (Å²) in [6.45, 7) is 0. The Bertz CT molecular complexity index is 488. The Hall–Kier alpha value is -1.98. The molecule has 84 valence electrons. The number of alkyl halides is 3. The van der Waals surface area contributed by atoms with Crippen LogP contribution in [0.3, 0.4) is 0 Å². The van der Waals surface area contributed by atoms with Crippen LogP contribution in [-0.4, -0.2) is 0 Å². The van der Waals surface area contributed by atoms with Crippen LogP contribution in [0.25, 0.3) is 11.5 Å². The van der Waals surface area contributed by atoms with Crippen molar-refractivity contribution < 1.29 is 22.3 Å². The molecular formula is C10H6F3NO2. The van der Waals surface area contributed by atoms with Crippen molar-refractivity contribution in [1.29, 1.82) is 0 Å². The lowest BCUT2D eigenvalue weighted by molar-refractivity contribution is -0.596. The fraction of sp³-hybridized carbons (Fsp3) is 0.100. The van der Waals surface area contributed by atoms with Gasteiger partial charge < -0.3 is 9.62 Å². The highest BCUT2D eigenvalue weighted by Crippen LogP contribution is 2.30. The van der Waals surface area contributed by atoms with Crippen LogP contribution in [0, 0.1) is 5.21 Å². The number of rotatable bonds is 1. The van der Waals surface area contributed by atoms with E-state index in [0.29, 0.717) is 10.3 Å². The number of oxazole rings is 1. The molecule has 0 radical (unpaired) electrons. The van der Waals surface area contributed by atoms with Gasteiger partial charge in [-0.3, -0.25) is 0 Å². The second kappa shape index (κ2) is 3.55. The molecule has 16 heavy (non-hydrogen) atoms. The number of hydrogen-bond donors (Lipinski definition) is 0. The van der Waals surface area contributed by atoms with Crippen LogP contribution in [0.4, 0.5) is 13.2 Å². The predicted molar refractivity (Wildman–Crippen MR) is 48.1 cm³/mol. The van der Waals surface area contributed by atoms with Gasteiger partial charge in [-0.25, -0.2) is 0 Å². The zero-order valence-corrected chi connectivity index (χ0v) is 7.86. The normalized spacial score (nSPS) is 11.7. The first-order valence-corrected chi connectivity index (χ1v) is 4.33. The van der Waals surface area contributed by atoms with Gasteiger partial charge >= 0.3 is 12.1 Å². The highest BCUT2D eigenvalue weighted by molar-refractivity contribution is 5.51. The van der Waals surface area contributed by atoms with Crippen LogP contribution in [0.1, 0.15) is 5.56 Å². The second-order valence-electron chi connectivity index (χ2n) is 3.11. The van der Waals surface area contributed by atoms with Crippen molar-refractivity contribution in [2.75, 3.05) is 0 Å². The predicted octanol–water partition coefficient (Wildman–Crippen LogP) is 2.60. The lowest BCUT2D eigenvalue weighted by Gasteiger charge is -2.05. The van der Waals surface area contributed by atoms with E-state index < -0.39 is 11.7 Å². The van der Waals surface area contributed by atoms with E-state index >= 15 is 0 Å². The van der Waals surface area contributed by atoms with E-state index in [4.69, 9.17) is 4.42 Å². The number of hydrogen-bond acceptors (Lipinski definition) is 2. The molecule has 2 rings (SSSR count). The second-order valence-corrected chi connectivity index (χ2v) is 3.11. The van der Waals surface area contributed by atoms with E-state index in [1.165, 1.54) is 18.4 Å². The van der Waals surface area contributed by atoms with Gasteiger partial charge in [-0.2, -0.15) is 13.2 Å². The zero-order chi connectivity index (χ0) is 11.8. The summed E-state index contributed by atoms with van der Waals surface area (Å²) in [6.07, 6.45) is -2.08. The smallest absolute Gasteiger partial charge is 0.416 e. The third-order valence-corrected chi connectivity index (χ3v) is 2.04. The standard InChI is InChI=1S/C10H6F3NO2/c11-10(12,13)8-3-1-7(2-4-8)9-14(15)5-6-16-9/h1-6H. The van der Waals surface area contributed by atoms with E-state index in [-0.39, 0.29) is 5.89 Å². The van der Waals surface area contributed by atoms with Crippen LogP contribution in [0.5, 0.6) is 0 Å². The van der Waals surface area contributed by atoms with Crippen molar-refractivity contribution in [2.24, 2.45) is 0 Å². The fourth-order valence-corrected chi connectivity index (χ4v) is 1.27. The first-order chi connectivity index (χ1) is 7.48. The quantitative estimate of drug-likeness (QED) is 0.557. The summed E-state index contributed by atoms with van der Waals surface area (Å²) >= 11 is 0. The lowest BCUT2D eigenvalue weighted by atomic mass is 10.1. The van der Waals surface area contributed by atoms with Gasteiger partial charge in [0, 0.05) is 0 Å². The van der Waals surface area contributed by atoms with Crippen LogP contribution < -0.4 is 4.73 Å². The summed E-state index contributed by atoms with van der Waals surface area (Å²) in [4.78, 5) is 0. The minimum atomic E-state index is -4.38. The molecular weight excluding hydrogens is 223 g/mol. The van der Waals surface area contributed by atoms with Gasteiger partial charge in [0.05, 0.1) is 11.1 Å². The number of nitrogens with zero attached hydrogens (tertiary/aromatic N) is 1. The minimum absolute atomic E-state index is 0.0336. The van der Waals surface area contributed by atoms with Gasteiger partial charge in [0.15, 0.2) is 6.26 Å². The van der Waals surface area contributed by atoms with Crippen molar-refractivity contribution in [1.82, 2.24) is 0 Å². The summed E-state index contributed by atoms with van der Waals surface area (Å²) in [5.74, 6) is -0.0336. The Morgan fingerprint density at radius 1 is 1.12 bits per heavy atom. The average Bonchev–Trinajstić information content (AvgIpc) is 2.63. The van der Waals surface area contributed by atoms with Crippen LogP contribution in [-0.2, 0) is 6.18 Å².